The van der Waals surface area contributed by atoms with E-state index in [1.807, 2.05) is 13.8 Å². The van der Waals surface area contributed by atoms with Gasteiger partial charge in [-0.15, -0.1) is 0 Å². The van der Waals surface area contributed by atoms with Gasteiger partial charge in [0.25, 0.3) is 0 Å². The zero-order valence-corrected chi connectivity index (χ0v) is 11.9. The van der Waals surface area contributed by atoms with E-state index in [0.717, 1.165) is 6.42 Å². The summed E-state index contributed by atoms with van der Waals surface area (Å²) in [7, 11) is 0. The van der Waals surface area contributed by atoms with E-state index >= 15 is 0 Å². The number of hydrogen-bond acceptors (Lipinski definition) is 4. The van der Waals surface area contributed by atoms with E-state index in [9.17, 15) is 14.7 Å². The van der Waals surface area contributed by atoms with Gasteiger partial charge < -0.3 is 14.7 Å². The van der Waals surface area contributed by atoms with Gasteiger partial charge in [0.15, 0.2) is 0 Å². The summed E-state index contributed by atoms with van der Waals surface area (Å²) in [6.07, 6.45) is 1.28. The van der Waals surface area contributed by atoms with Crippen LogP contribution in [0.25, 0.3) is 0 Å². The van der Waals surface area contributed by atoms with Crippen LogP contribution in [-0.2, 0) is 14.3 Å². The van der Waals surface area contributed by atoms with E-state index in [1.54, 1.807) is 11.8 Å². The van der Waals surface area contributed by atoms with Gasteiger partial charge in [-0.2, -0.15) is 0 Å². The zero-order chi connectivity index (χ0) is 14.5. The molecule has 0 spiro atoms. The normalized spacial score (nSPS) is 22.9. The minimum absolute atomic E-state index is 0.0409. The van der Waals surface area contributed by atoms with Gasteiger partial charge in [0.1, 0.15) is 5.54 Å². The Morgan fingerprint density at radius 1 is 1.53 bits per heavy atom. The number of carbonyl (C=O) groups excluding carboxylic acids is 1. The number of carboxylic acids is 1. The maximum absolute atomic E-state index is 12.0. The molecule has 2 atom stereocenters. The molecule has 1 fully saturated rings. The summed E-state index contributed by atoms with van der Waals surface area (Å²) < 4.78 is 5.37. The largest absolute Gasteiger partial charge is 0.480 e. The summed E-state index contributed by atoms with van der Waals surface area (Å²) in [6.45, 7) is 7.20. The van der Waals surface area contributed by atoms with E-state index in [0.29, 0.717) is 26.1 Å². The second-order valence-electron chi connectivity index (χ2n) is 5.26. The highest BCUT2D eigenvalue weighted by molar-refractivity contribution is 5.82. The third kappa shape index (κ3) is 4.47. The number of rotatable bonds is 6. The van der Waals surface area contributed by atoms with Crippen molar-refractivity contribution in [1.82, 2.24) is 10.2 Å². The molecule has 1 aliphatic rings. The van der Waals surface area contributed by atoms with Crippen LogP contribution >= 0.6 is 0 Å². The van der Waals surface area contributed by atoms with Crippen LogP contribution in [-0.4, -0.2) is 59.8 Å². The Morgan fingerprint density at radius 2 is 2.21 bits per heavy atom. The molecule has 0 aromatic rings. The SMILES string of the molecule is CCCC(C)(NCC(=O)N1CCOC(C)C1)C(=O)O. The average Bonchev–Trinajstić information content (AvgIpc) is 2.36. The van der Waals surface area contributed by atoms with Crippen molar-refractivity contribution in [3.05, 3.63) is 0 Å². The molecule has 110 valence electrons. The van der Waals surface area contributed by atoms with Gasteiger partial charge in [0.2, 0.25) is 5.91 Å². The molecule has 0 aromatic heterocycles. The molecular weight excluding hydrogens is 248 g/mol. The second kappa shape index (κ2) is 6.86. The molecular formula is C13H24N2O4. The van der Waals surface area contributed by atoms with Crippen LogP contribution in [0.5, 0.6) is 0 Å². The zero-order valence-electron chi connectivity index (χ0n) is 11.9. The first-order chi connectivity index (χ1) is 8.89. The molecule has 0 aliphatic carbocycles. The Labute approximate surface area is 114 Å². The van der Waals surface area contributed by atoms with Crippen molar-refractivity contribution in [2.75, 3.05) is 26.2 Å². The molecule has 6 nitrogen and oxygen atoms in total. The fraction of sp³-hybridized carbons (Fsp3) is 0.846. The number of ether oxygens (including phenoxy) is 1. The highest BCUT2D eigenvalue weighted by atomic mass is 16.5. The summed E-state index contributed by atoms with van der Waals surface area (Å²) in [5, 5.41) is 12.1. The predicted molar refractivity (Wildman–Crippen MR) is 70.9 cm³/mol. The summed E-state index contributed by atoms with van der Waals surface area (Å²) in [4.78, 5) is 25.0. The number of hydrogen-bond donors (Lipinski definition) is 2. The maximum atomic E-state index is 12.0. The predicted octanol–water partition coefficient (Wildman–Crippen LogP) is 0.467. The Kier molecular flexibility index (Phi) is 5.75. The number of nitrogens with one attached hydrogen (secondary N) is 1. The first kappa shape index (κ1) is 15.9. The Bertz CT molecular complexity index is 335. The molecule has 1 aliphatic heterocycles. The maximum Gasteiger partial charge on any atom is 0.323 e. The van der Waals surface area contributed by atoms with E-state index in [1.165, 1.54) is 0 Å². The first-order valence-electron chi connectivity index (χ1n) is 6.77. The number of amides is 1. The summed E-state index contributed by atoms with van der Waals surface area (Å²) in [6, 6.07) is 0. The smallest absolute Gasteiger partial charge is 0.323 e. The third-order valence-electron chi connectivity index (χ3n) is 3.45. The standard InChI is InChI=1S/C13H24N2O4/c1-4-5-13(3,12(17)18)14-8-11(16)15-6-7-19-10(2)9-15/h10,14H,4-9H2,1-3H3,(H,17,18). The van der Waals surface area contributed by atoms with Crippen molar-refractivity contribution in [2.24, 2.45) is 0 Å². The quantitative estimate of drug-likeness (QED) is 0.734. The summed E-state index contributed by atoms with van der Waals surface area (Å²) in [5.41, 5.74) is -1.04. The van der Waals surface area contributed by atoms with Crippen molar-refractivity contribution in [3.63, 3.8) is 0 Å². The number of carboxylic acid groups (broad SMARTS) is 1. The molecule has 0 bridgehead atoms. The Balaban J connectivity index is 2.50. The van der Waals surface area contributed by atoms with Crippen LogP contribution in [0.2, 0.25) is 0 Å². The number of carbonyl (C=O) groups is 2. The number of nitrogens with zero attached hydrogens (tertiary/aromatic N) is 1. The van der Waals surface area contributed by atoms with Gasteiger partial charge in [-0.25, -0.2) is 0 Å². The van der Waals surface area contributed by atoms with Gasteiger partial charge in [0.05, 0.1) is 19.3 Å². The van der Waals surface area contributed by atoms with Crippen molar-refractivity contribution in [2.45, 2.75) is 45.3 Å². The van der Waals surface area contributed by atoms with Crippen LogP contribution in [0.1, 0.15) is 33.6 Å². The van der Waals surface area contributed by atoms with E-state index in [-0.39, 0.29) is 18.6 Å². The molecule has 1 heterocycles. The highest BCUT2D eigenvalue weighted by Crippen LogP contribution is 2.12. The molecule has 0 saturated carbocycles. The number of aliphatic carboxylic acids is 1. The fourth-order valence-corrected chi connectivity index (χ4v) is 2.20. The molecule has 0 radical (unpaired) electrons. The third-order valence-corrected chi connectivity index (χ3v) is 3.45. The van der Waals surface area contributed by atoms with Crippen molar-refractivity contribution >= 4 is 11.9 Å². The molecule has 6 heteroatoms. The molecule has 1 rings (SSSR count). The van der Waals surface area contributed by atoms with Crippen LogP contribution in [0.3, 0.4) is 0 Å². The minimum atomic E-state index is -1.04. The molecule has 0 aromatic carbocycles. The highest BCUT2D eigenvalue weighted by Gasteiger charge is 2.33. The molecule has 1 amide bonds. The molecule has 2 N–H and O–H groups in total. The topological polar surface area (TPSA) is 78.9 Å². The lowest BCUT2D eigenvalue weighted by Gasteiger charge is -2.33. The van der Waals surface area contributed by atoms with Gasteiger partial charge in [-0.1, -0.05) is 13.3 Å². The monoisotopic (exact) mass is 272 g/mol. The molecule has 1 saturated heterocycles. The Hall–Kier alpha value is -1.14. The van der Waals surface area contributed by atoms with Gasteiger partial charge in [-0.3, -0.25) is 14.9 Å². The lowest BCUT2D eigenvalue weighted by molar-refractivity contribution is -0.145. The lowest BCUT2D eigenvalue weighted by atomic mass is 9.96. The average molecular weight is 272 g/mol. The van der Waals surface area contributed by atoms with E-state index in [4.69, 9.17) is 4.74 Å². The lowest BCUT2D eigenvalue weighted by Crippen LogP contribution is -2.54. The van der Waals surface area contributed by atoms with Gasteiger partial charge >= 0.3 is 5.97 Å². The fourth-order valence-electron chi connectivity index (χ4n) is 2.20. The Morgan fingerprint density at radius 3 is 2.74 bits per heavy atom. The van der Waals surface area contributed by atoms with Crippen LogP contribution in [0.4, 0.5) is 0 Å². The van der Waals surface area contributed by atoms with Crippen LogP contribution < -0.4 is 5.32 Å². The summed E-state index contributed by atoms with van der Waals surface area (Å²) >= 11 is 0. The second-order valence-corrected chi connectivity index (χ2v) is 5.26. The molecule has 19 heavy (non-hydrogen) atoms. The van der Waals surface area contributed by atoms with Gasteiger partial charge in [-0.05, 0) is 20.3 Å². The first-order valence-corrected chi connectivity index (χ1v) is 6.77. The van der Waals surface area contributed by atoms with Crippen molar-refractivity contribution in [3.8, 4) is 0 Å². The van der Waals surface area contributed by atoms with Crippen molar-refractivity contribution < 1.29 is 19.4 Å². The van der Waals surface area contributed by atoms with E-state index in [2.05, 4.69) is 5.32 Å². The minimum Gasteiger partial charge on any atom is -0.480 e. The van der Waals surface area contributed by atoms with Crippen LogP contribution in [0.15, 0.2) is 0 Å². The number of morpholine rings is 1. The van der Waals surface area contributed by atoms with Crippen LogP contribution in [0, 0.1) is 0 Å². The van der Waals surface area contributed by atoms with E-state index < -0.39 is 11.5 Å². The molecule has 2 unspecified atom stereocenters. The van der Waals surface area contributed by atoms with Crippen molar-refractivity contribution in [1.29, 1.82) is 0 Å². The van der Waals surface area contributed by atoms with Gasteiger partial charge in [0, 0.05) is 13.1 Å². The summed E-state index contributed by atoms with van der Waals surface area (Å²) in [5.74, 6) is -0.990.